The lowest BCUT2D eigenvalue weighted by atomic mass is 10.3. The smallest absolute Gasteiger partial charge is 0.342 e. The molecule has 2 amide bonds. The molecular weight excluding hydrogens is 308 g/mol. The summed E-state index contributed by atoms with van der Waals surface area (Å²) in [5.41, 5.74) is 0. The van der Waals surface area contributed by atoms with Crippen LogP contribution in [0.4, 0.5) is 0 Å². The number of hydrogen-bond donors (Lipinski definition) is 4. The molecule has 0 aromatic heterocycles. The number of carbonyl (C=O) groups excluding carboxylic acids is 4. The number of nitrogens with one attached hydrogen (secondary N) is 2. The SMILES string of the molecule is CC(=O)N[C@@H](CS)C(=O)OOC(=O)[C@H](CS)NC(C)=O. The first-order chi connectivity index (χ1) is 9.31. The molecule has 0 spiro atoms. The van der Waals surface area contributed by atoms with Crippen molar-refractivity contribution in [3.63, 3.8) is 0 Å². The third-order valence-electron chi connectivity index (χ3n) is 1.90. The third-order valence-corrected chi connectivity index (χ3v) is 2.63. The van der Waals surface area contributed by atoms with Crippen LogP contribution in [0.3, 0.4) is 0 Å². The molecule has 0 aliphatic heterocycles. The van der Waals surface area contributed by atoms with Crippen molar-refractivity contribution in [1.29, 1.82) is 0 Å². The van der Waals surface area contributed by atoms with Gasteiger partial charge in [-0.05, 0) is 0 Å². The van der Waals surface area contributed by atoms with Crippen LogP contribution in [-0.4, -0.2) is 47.3 Å². The molecule has 0 bridgehead atoms. The van der Waals surface area contributed by atoms with E-state index in [1.165, 1.54) is 13.8 Å². The minimum absolute atomic E-state index is 0.0301. The summed E-state index contributed by atoms with van der Waals surface area (Å²) < 4.78 is 0. The summed E-state index contributed by atoms with van der Waals surface area (Å²) in [7, 11) is 0. The molecule has 0 radical (unpaired) electrons. The van der Waals surface area contributed by atoms with Gasteiger partial charge in [0.25, 0.3) is 0 Å². The molecule has 10 heteroatoms. The maximum Gasteiger partial charge on any atom is 0.378 e. The fraction of sp³-hybridized carbons (Fsp3) is 0.600. The number of amides is 2. The van der Waals surface area contributed by atoms with Gasteiger partial charge in [0.15, 0.2) is 0 Å². The number of hydrogen-bond acceptors (Lipinski definition) is 8. The van der Waals surface area contributed by atoms with Crippen molar-refractivity contribution < 1.29 is 29.0 Å². The van der Waals surface area contributed by atoms with Crippen LogP contribution in [-0.2, 0) is 29.0 Å². The average molecular weight is 324 g/mol. The summed E-state index contributed by atoms with van der Waals surface area (Å²) in [6.07, 6.45) is 0. The van der Waals surface area contributed by atoms with E-state index in [0.717, 1.165) is 0 Å². The Bertz CT molecular complexity index is 354. The van der Waals surface area contributed by atoms with E-state index >= 15 is 0 Å². The van der Waals surface area contributed by atoms with Crippen LogP contribution in [0.15, 0.2) is 0 Å². The van der Waals surface area contributed by atoms with Gasteiger partial charge in [-0.2, -0.15) is 25.3 Å². The molecule has 0 aromatic carbocycles. The first-order valence-corrected chi connectivity index (χ1v) is 6.76. The predicted molar refractivity (Wildman–Crippen MR) is 75.1 cm³/mol. The summed E-state index contributed by atoms with van der Waals surface area (Å²) >= 11 is 7.71. The molecule has 20 heavy (non-hydrogen) atoms. The van der Waals surface area contributed by atoms with Gasteiger partial charge in [0, 0.05) is 25.4 Å². The fourth-order valence-electron chi connectivity index (χ4n) is 1.05. The molecule has 2 atom stereocenters. The molecule has 0 aromatic rings. The third kappa shape index (κ3) is 7.24. The maximum absolute atomic E-state index is 11.5. The maximum atomic E-state index is 11.5. The molecule has 0 heterocycles. The Kier molecular flexibility index (Phi) is 8.81. The van der Waals surface area contributed by atoms with E-state index in [0.29, 0.717) is 0 Å². The Morgan fingerprint density at radius 3 is 1.35 bits per heavy atom. The van der Waals surface area contributed by atoms with E-state index in [2.05, 4.69) is 45.7 Å². The van der Waals surface area contributed by atoms with E-state index in [-0.39, 0.29) is 11.5 Å². The highest BCUT2D eigenvalue weighted by atomic mass is 32.1. The minimum atomic E-state index is -1.04. The molecule has 0 aliphatic carbocycles. The predicted octanol–water partition coefficient (Wildman–Crippen LogP) is -1.14. The Hall–Kier alpha value is -1.42. The summed E-state index contributed by atoms with van der Waals surface area (Å²) in [6, 6.07) is -2.09. The van der Waals surface area contributed by atoms with E-state index < -0.39 is 35.8 Å². The van der Waals surface area contributed by atoms with Gasteiger partial charge in [0.2, 0.25) is 11.8 Å². The van der Waals surface area contributed by atoms with Gasteiger partial charge in [0.1, 0.15) is 12.1 Å². The minimum Gasteiger partial charge on any atom is -0.342 e. The Balaban J connectivity index is 4.37. The lowest BCUT2D eigenvalue weighted by Gasteiger charge is -2.15. The summed E-state index contributed by atoms with van der Waals surface area (Å²) in [5, 5.41) is 4.52. The van der Waals surface area contributed by atoms with Gasteiger partial charge in [-0.25, -0.2) is 19.4 Å². The summed E-state index contributed by atoms with van der Waals surface area (Å²) in [5.74, 6) is -2.94. The van der Waals surface area contributed by atoms with Crippen LogP contribution in [0.25, 0.3) is 0 Å². The molecule has 2 N–H and O–H groups in total. The zero-order valence-corrected chi connectivity index (χ0v) is 12.7. The van der Waals surface area contributed by atoms with Crippen LogP contribution in [0, 0.1) is 0 Å². The van der Waals surface area contributed by atoms with Gasteiger partial charge in [-0.1, -0.05) is 0 Å². The highest BCUT2D eigenvalue weighted by molar-refractivity contribution is 7.80. The largest absolute Gasteiger partial charge is 0.378 e. The van der Waals surface area contributed by atoms with Gasteiger partial charge in [-0.3, -0.25) is 9.59 Å². The van der Waals surface area contributed by atoms with Crippen molar-refractivity contribution in [2.24, 2.45) is 0 Å². The highest BCUT2D eigenvalue weighted by Gasteiger charge is 2.25. The molecule has 0 unspecified atom stereocenters. The molecule has 0 fully saturated rings. The second-order valence-electron chi connectivity index (χ2n) is 3.68. The Morgan fingerprint density at radius 2 is 1.15 bits per heavy atom. The van der Waals surface area contributed by atoms with Gasteiger partial charge in [0.05, 0.1) is 0 Å². The van der Waals surface area contributed by atoms with E-state index in [4.69, 9.17) is 0 Å². The molecule has 8 nitrogen and oxygen atoms in total. The van der Waals surface area contributed by atoms with Gasteiger partial charge < -0.3 is 10.6 Å². The number of rotatable bonds is 6. The average Bonchev–Trinajstić information content (AvgIpc) is 2.38. The van der Waals surface area contributed by atoms with E-state index in [1.54, 1.807) is 0 Å². The number of carbonyl (C=O) groups is 4. The normalized spacial score (nSPS) is 12.8. The van der Waals surface area contributed by atoms with E-state index in [1.807, 2.05) is 0 Å². The van der Waals surface area contributed by atoms with Crippen molar-refractivity contribution in [2.45, 2.75) is 25.9 Å². The summed E-state index contributed by atoms with van der Waals surface area (Å²) in [6.45, 7) is 2.42. The zero-order valence-electron chi connectivity index (χ0n) is 10.9. The molecule has 114 valence electrons. The second kappa shape index (κ2) is 9.48. The van der Waals surface area contributed by atoms with Crippen LogP contribution in [0.1, 0.15) is 13.8 Å². The van der Waals surface area contributed by atoms with Gasteiger partial charge in [-0.15, -0.1) is 0 Å². The van der Waals surface area contributed by atoms with Crippen molar-refractivity contribution in [2.75, 3.05) is 11.5 Å². The van der Waals surface area contributed by atoms with Crippen LogP contribution >= 0.6 is 25.3 Å². The van der Waals surface area contributed by atoms with Crippen LogP contribution in [0.5, 0.6) is 0 Å². The Labute approximate surface area is 126 Å². The highest BCUT2D eigenvalue weighted by Crippen LogP contribution is 1.98. The van der Waals surface area contributed by atoms with Crippen molar-refractivity contribution in [1.82, 2.24) is 10.6 Å². The van der Waals surface area contributed by atoms with Crippen LogP contribution < -0.4 is 10.6 Å². The number of thiol groups is 2. The van der Waals surface area contributed by atoms with Crippen molar-refractivity contribution in [3.8, 4) is 0 Å². The molecule has 0 rings (SSSR count). The topological polar surface area (TPSA) is 111 Å². The quantitative estimate of drug-likeness (QED) is 0.279. The van der Waals surface area contributed by atoms with Crippen molar-refractivity contribution in [3.05, 3.63) is 0 Å². The lowest BCUT2D eigenvalue weighted by Crippen LogP contribution is -2.45. The van der Waals surface area contributed by atoms with E-state index in [9.17, 15) is 19.2 Å². The Morgan fingerprint density at radius 1 is 0.850 bits per heavy atom. The standard InChI is InChI=1S/C10H16N2O6S2/c1-5(13)11-7(3-19)9(15)17-18-10(16)8(4-20)12-6(2)14/h7-8,19-20H,3-4H2,1-2H3,(H,11,13)(H,12,14)/t7-,8-/m0/s1. The first-order valence-electron chi connectivity index (χ1n) is 5.50. The molecule has 0 saturated heterocycles. The second-order valence-corrected chi connectivity index (χ2v) is 4.41. The van der Waals surface area contributed by atoms with Crippen LogP contribution in [0.2, 0.25) is 0 Å². The monoisotopic (exact) mass is 324 g/mol. The zero-order chi connectivity index (χ0) is 15.7. The first kappa shape index (κ1) is 18.6. The fourth-order valence-corrected chi connectivity index (χ4v) is 1.53. The van der Waals surface area contributed by atoms with Gasteiger partial charge >= 0.3 is 11.9 Å². The molecular formula is C10H16N2O6S2. The van der Waals surface area contributed by atoms with Crippen molar-refractivity contribution >= 4 is 49.0 Å². The lowest BCUT2D eigenvalue weighted by molar-refractivity contribution is -0.261. The summed E-state index contributed by atoms with van der Waals surface area (Å²) in [4.78, 5) is 53.2. The molecule has 0 saturated carbocycles. The molecule has 0 aliphatic rings.